The molecular weight excluding hydrogens is 262 g/mol. The lowest BCUT2D eigenvalue weighted by atomic mass is 10.0. The van der Waals surface area contributed by atoms with Crippen LogP contribution in [0.4, 0.5) is 0 Å². The van der Waals surface area contributed by atoms with Gasteiger partial charge in [-0.1, -0.05) is 12.1 Å². The van der Waals surface area contributed by atoms with Crippen LogP contribution in [0.5, 0.6) is 0 Å². The number of hydrogen-bond acceptors (Lipinski definition) is 3. The predicted molar refractivity (Wildman–Crippen MR) is 71.9 cm³/mol. The van der Waals surface area contributed by atoms with Crippen LogP contribution in [-0.2, 0) is 16.6 Å². The third-order valence-corrected chi connectivity index (χ3v) is 5.78. The summed E-state index contributed by atoms with van der Waals surface area (Å²) < 4.78 is 27.1. The van der Waals surface area contributed by atoms with Crippen molar-refractivity contribution in [2.45, 2.75) is 37.2 Å². The molecule has 4 nitrogen and oxygen atoms in total. The van der Waals surface area contributed by atoms with Gasteiger partial charge in [-0.2, -0.15) is 0 Å². The number of aliphatic hydroxyl groups is 1. The topological polar surface area (TPSA) is 66.4 Å². The molecule has 0 spiro atoms. The number of benzene rings is 1. The molecule has 0 radical (unpaired) electrons. The minimum absolute atomic E-state index is 0.0709. The normalized spacial score (nSPS) is 21.3. The van der Waals surface area contributed by atoms with E-state index in [1.165, 1.54) is 12.8 Å². The molecule has 2 N–H and O–H groups in total. The van der Waals surface area contributed by atoms with E-state index in [9.17, 15) is 8.42 Å². The van der Waals surface area contributed by atoms with E-state index < -0.39 is 10.0 Å². The fraction of sp³-hybridized carbons (Fsp3) is 0.571. The van der Waals surface area contributed by atoms with E-state index in [-0.39, 0.29) is 16.9 Å². The van der Waals surface area contributed by atoms with Gasteiger partial charge in [0, 0.05) is 6.54 Å². The van der Waals surface area contributed by atoms with Crippen molar-refractivity contribution >= 4 is 10.0 Å². The quantitative estimate of drug-likeness (QED) is 0.833. The summed E-state index contributed by atoms with van der Waals surface area (Å²) in [4.78, 5) is 0.274. The number of aliphatic hydroxyl groups excluding tert-OH is 1. The molecule has 104 valence electrons. The lowest BCUT2D eigenvalue weighted by Gasteiger charge is -2.15. The first-order valence-electron chi connectivity index (χ1n) is 6.75. The zero-order chi connectivity index (χ0) is 13.5. The summed E-state index contributed by atoms with van der Waals surface area (Å²) in [7, 11) is -3.42. The Labute approximate surface area is 113 Å². The molecule has 2 aliphatic rings. The lowest BCUT2D eigenvalue weighted by molar-refractivity contribution is 0.282. The zero-order valence-corrected chi connectivity index (χ0v) is 11.6. The summed E-state index contributed by atoms with van der Waals surface area (Å²) in [5.74, 6) is 0.743. The van der Waals surface area contributed by atoms with Crippen LogP contribution in [0, 0.1) is 11.3 Å². The van der Waals surface area contributed by atoms with Crippen LogP contribution in [0.1, 0.15) is 31.2 Å². The zero-order valence-electron chi connectivity index (χ0n) is 10.8. The minimum atomic E-state index is -3.42. The second-order valence-corrected chi connectivity index (χ2v) is 7.53. The largest absolute Gasteiger partial charge is 0.392 e. The molecule has 1 aromatic carbocycles. The van der Waals surface area contributed by atoms with Gasteiger partial charge in [0.25, 0.3) is 0 Å². The maximum atomic E-state index is 12.2. The molecule has 0 bridgehead atoms. The molecule has 0 unspecified atom stereocenters. The fourth-order valence-electron chi connectivity index (χ4n) is 2.68. The Kier molecular flexibility index (Phi) is 3.15. The lowest BCUT2D eigenvalue weighted by Crippen LogP contribution is -2.31. The summed E-state index contributed by atoms with van der Waals surface area (Å²) in [5, 5.41) is 8.95. The molecule has 0 saturated heterocycles. The van der Waals surface area contributed by atoms with Crippen LogP contribution >= 0.6 is 0 Å². The Balaban J connectivity index is 1.67. The van der Waals surface area contributed by atoms with E-state index in [2.05, 4.69) is 4.72 Å². The van der Waals surface area contributed by atoms with Gasteiger partial charge in [-0.25, -0.2) is 13.1 Å². The third kappa shape index (κ3) is 2.68. The smallest absolute Gasteiger partial charge is 0.240 e. The molecule has 3 rings (SSSR count). The standard InChI is InChI=1S/C14H19NO3S/c16-9-11-1-5-13(6-2-11)19(17,18)15-10-14(7-8-14)12-3-4-12/h1-2,5-6,12,15-16H,3-4,7-10H2. The second-order valence-electron chi connectivity index (χ2n) is 5.76. The van der Waals surface area contributed by atoms with Gasteiger partial charge in [-0.3, -0.25) is 0 Å². The first-order valence-corrected chi connectivity index (χ1v) is 8.24. The fourth-order valence-corrected chi connectivity index (χ4v) is 3.82. The van der Waals surface area contributed by atoms with Crippen molar-refractivity contribution in [1.29, 1.82) is 0 Å². The second kappa shape index (κ2) is 4.58. The molecule has 2 aliphatic carbocycles. The van der Waals surface area contributed by atoms with E-state index in [0.717, 1.165) is 24.3 Å². The SMILES string of the molecule is O=S(=O)(NCC1(C2CC2)CC1)c1ccc(CO)cc1. The van der Waals surface area contributed by atoms with E-state index in [0.29, 0.717) is 6.54 Å². The highest BCUT2D eigenvalue weighted by atomic mass is 32.2. The average Bonchev–Trinajstić information content (AvgIpc) is 3.29. The van der Waals surface area contributed by atoms with Gasteiger partial charge in [-0.05, 0) is 54.7 Å². The van der Waals surface area contributed by atoms with Crippen molar-refractivity contribution in [3.05, 3.63) is 29.8 Å². The van der Waals surface area contributed by atoms with Crippen molar-refractivity contribution in [1.82, 2.24) is 4.72 Å². The van der Waals surface area contributed by atoms with E-state index in [1.54, 1.807) is 24.3 Å². The van der Waals surface area contributed by atoms with Crippen LogP contribution in [0.2, 0.25) is 0 Å². The van der Waals surface area contributed by atoms with Crippen LogP contribution in [0.25, 0.3) is 0 Å². The number of sulfonamides is 1. The van der Waals surface area contributed by atoms with Gasteiger partial charge >= 0.3 is 0 Å². The summed E-state index contributed by atoms with van der Waals surface area (Å²) in [5.41, 5.74) is 0.980. The molecule has 0 aliphatic heterocycles. The van der Waals surface area contributed by atoms with E-state index in [1.807, 2.05) is 0 Å². The van der Waals surface area contributed by atoms with Crippen LogP contribution in [0.3, 0.4) is 0 Å². The molecular formula is C14H19NO3S. The highest BCUT2D eigenvalue weighted by Gasteiger charge is 2.53. The molecule has 2 saturated carbocycles. The molecule has 19 heavy (non-hydrogen) atoms. The summed E-state index contributed by atoms with van der Waals surface area (Å²) in [6.07, 6.45) is 4.83. The molecule has 0 amide bonds. The maximum absolute atomic E-state index is 12.2. The summed E-state index contributed by atoms with van der Waals surface area (Å²) in [6.45, 7) is 0.500. The van der Waals surface area contributed by atoms with Crippen LogP contribution in [-0.4, -0.2) is 20.1 Å². The van der Waals surface area contributed by atoms with Crippen molar-refractivity contribution in [2.24, 2.45) is 11.3 Å². The maximum Gasteiger partial charge on any atom is 0.240 e. The van der Waals surface area contributed by atoms with Gasteiger partial charge in [0.2, 0.25) is 10.0 Å². The van der Waals surface area contributed by atoms with E-state index >= 15 is 0 Å². The Morgan fingerprint density at radius 3 is 2.32 bits per heavy atom. The highest BCUT2D eigenvalue weighted by Crippen LogP contribution is 2.60. The summed E-state index contributed by atoms with van der Waals surface area (Å²) in [6, 6.07) is 6.37. The van der Waals surface area contributed by atoms with Crippen molar-refractivity contribution in [3.63, 3.8) is 0 Å². The Morgan fingerprint density at radius 2 is 1.84 bits per heavy atom. The monoisotopic (exact) mass is 281 g/mol. The third-order valence-electron chi connectivity index (χ3n) is 4.37. The predicted octanol–water partition coefficient (Wildman–Crippen LogP) is 1.65. The Morgan fingerprint density at radius 1 is 1.21 bits per heavy atom. The van der Waals surface area contributed by atoms with Crippen molar-refractivity contribution in [2.75, 3.05) is 6.54 Å². The van der Waals surface area contributed by atoms with Gasteiger partial charge in [0.1, 0.15) is 0 Å². The number of rotatable bonds is 6. The van der Waals surface area contributed by atoms with Gasteiger partial charge < -0.3 is 5.11 Å². The van der Waals surface area contributed by atoms with Crippen LogP contribution < -0.4 is 4.72 Å². The molecule has 0 heterocycles. The Hall–Kier alpha value is -0.910. The highest BCUT2D eigenvalue weighted by molar-refractivity contribution is 7.89. The average molecular weight is 281 g/mol. The van der Waals surface area contributed by atoms with Gasteiger partial charge in [-0.15, -0.1) is 0 Å². The van der Waals surface area contributed by atoms with Crippen molar-refractivity contribution in [3.8, 4) is 0 Å². The minimum Gasteiger partial charge on any atom is -0.392 e. The number of hydrogen-bond donors (Lipinski definition) is 2. The molecule has 2 fully saturated rings. The van der Waals surface area contributed by atoms with Gasteiger partial charge in [0.05, 0.1) is 11.5 Å². The Bertz CT molecular complexity index is 557. The summed E-state index contributed by atoms with van der Waals surface area (Å²) >= 11 is 0. The van der Waals surface area contributed by atoms with E-state index in [4.69, 9.17) is 5.11 Å². The molecule has 0 aromatic heterocycles. The van der Waals surface area contributed by atoms with Crippen LogP contribution in [0.15, 0.2) is 29.2 Å². The van der Waals surface area contributed by atoms with Crippen molar-refractivity contribution < 1.29 is 13.5 Å². The van der Waals surface area contributed by atoms with Gasteiger partial charge in [0.15, 0.2) is 0 Å². The first-order chi connectivity index (χ1) is 9.06. The molecule has 1 aromatic rings. The molecule has 5 heteroatoms. The number of nitrogens with one attached hydrogen (secondary N) is 1. The molecule has 0 atom stereocenters. The first kappa shape index (κ1) is 13.1.